The van der Waals surface area contributed by atoms with Crippen molar-refractivity contribution in [3.05, 3.63) is 142 Å². The Balaban J connectivity index is 1.54. The van der Waals surface area contributed by atoms with E-state index in [1.165, 1.54) is 0 Å². The van der Waals surface area contributed by atoms with E-state index < -0.39 is 23.4 Å². The van der Waals surface area contributed by atoms with Crippen LogP contribution in [0.5, 0.6) is 0 Å². The summed E-state index contributed by atoms with van der Waals surface area (Å²) in [5.74, 6) is -1.30. The van der Waals surface area contributed by atoms with Gasteiger partial charge in [-0.05, 0) is 36.2 Å². The van der Waals surface area contributed by atoms with Crippen LogP contribution in [0.2, 0.25) is 5.02 Å². The molecule has 7 rings (SSSR count). The second kappa shape index (κ2) is 8.62. The summed E-state index contributed by atoms with van der Waals surface area (Å²) in [5, 5.41) is 0.576. The van der Waals surface area contributed by atoms with Crippen LogP contribution in [0.4, 0.5) is 5.69 Å². The second-order valence-electron chi connectivity index (χ2n) is 10.6. The Morgan fingerprint density at radius 1 is 0.821 bits per heavy atom. The van der Waals surface area contributed by atoms with Gasteiger partial charge in [-0.2, -0.15) is 0 Å². The van der Waals surface area contributed by atoms with Crippen LogP contribution in [0.15, 0.2) is 103 Å². The van der Waals surface area contributed by atoms with Gasteiger partial charge < -0.3 is 4.90 Å². The van der Waals surface area contributed by atoms with Gasteiger partial charge in [-0.15, -0.1) is 0 Å². The molecule has 1 aliphatic carbocycles. The van der Waals surface area contributed by atoms with Gasteiger partial charge in [-0.3, -0.25) is 14.4 Å². The molecule has 0 N–H and O–H groups in total. The lowest BCUT2D eigenvalue weighted by Crippen LogP contribution is -2.48. The zero-order chi connectivity index (χ0) is 26.9. The lowest BCUT2D eigenvalue weighted by molar-refractivity contribution is 0.0666. The molecule has 5 heteroatoms. The number of nitrogens with zero attached hydrogens (tertiary/aromatic N) is 1. The largest absolute Gasteiger partial charge is 0.352 e. The summed E-state index contributed by atoms with van der Waals surface area (Å²) in [6, 6.07) is 28.2. The molecular formula is C34H24ClNO3. The molecule has 3 atom stereocenters. The molecular weight excluding hydrogens is 506 g/mol. The van der Waals surface area contributed by atoms with Crippen LogP contribution < -0.4 is 4.90 Å². The number of ketones is 3. The first-order valence-corrected chi connectivity index (χ1v) is 13.4. The molecule has 1 fully saturated rings. The highest BCUT2D eigenvalue weighted by Crippen LogP contribution is 2.61. The van der Waals surface area contributed by atoms with Crippen molar-refractivity contribution in [2.45, 2.75) is 24.9 Å². The van der Waals surface area contributed by atoms with Gasteiger partial charge in [0.05, 0.1) is 6.04 Å². The zero-order valence-corrected chi connectivity index (χ0v) is 21.9. The maximum absolute atomic E-state index is 14.6. The van der Waals surface area contributed by atoms with Gasteiger partial charge in [0.15, 0.2) is 17.3 Å². The predicted octanol–water partition coefficient (Wildman–Crippen LogP) is 6.96. The topological polar surface area (TPSA) is 54.5 Å². The molecule has 1 spiro atoms. The third-order valence-electron chi connectivity index (χ3n) is 8.53. The summed E-state index contributed by atoms with van der Waals surface area (Å²) >= 11 is 6.35. The van der Waals surface area contributed by atoms with E-state index in [9.17, 15) is 14.4 Å². The van der Waals surface area contributed by atoms with E-state index in [1.807, 2.05) is 90.7 Å². The van der Waals surface area contributed by atoms with Gasteiger partial charge in [0.1, 0.15) is 11.5 Å². The Bertz CT molecular complexity index is 1670. The maximum atomic E-state index is 14.6. The minimum absolute atomic E-state index is 0.126. The standard InChI is InChI=1S/C34H24ClNO3/c1-20-11-13-22(14-12-20)31(37)30-29(21-7-3-2-4-8-21)34(32(38)25-9-5-6-10-26(25)33(34)39)28-18-15-23-19-24(35)16-17-27(23)36(28)30/h2-19,28-30H,1H3. The fourth-order valence-electron chi connectivity index (χ4n) is 6.87. The molecule has 2 aliphatic heterocycles. The third kappa shape index (κ3) is 3.22. The highest BCUT2D eigenvalue weighted by molar-refractivity contribution is 6.32. The molecule has 3 unspecified atom stereocenters. The Kier molecular flexibility index (Phi) is 5.26. The van der Waals surface area contributed by atoms with Crippen LogP contribution in [0, 0.1) is 12.3 Å². The monoisotopic (exact) mass is 529 g/mol. The number of halogens is 1. The van der Waals surface area contributed by atoms with E-state index in [4.69, 9.17) is 11.6 Å². The van der Waals surface area contributed by atoms with Crippen molar-refractivity contribution in [2.75, 3.05) is 4.90 Å². The predicted molar refractivity (Wildman–Crippen MR) is 153 cm³/mol. The SMILES string of the molecule is Cc1ccc(C(=O)C2C(c3ccccc3)C3(C(=O)c4ccccc4C3=O)C3C=Cc4cc(Cl)ccc4N23)cc1. The minimum atomic E-state index is -1.50. The van der Waals surface area contributed by atoms with E-state index in [-0.39, 0.29) is 17.3 Å². The lowest BCUT2D eigenvalue weighted by Gasteiger charge is -2.37. The van der Waals surface area contributed by atoms with Crippen molar-refractivity contribution in [3.63, 3.8) is 0 Å². The molecule has 0 aromatic heterocycles. The normalized spacial score (nSPS) is 22.1. The average Bonchev–Trinajstić information content (AvgIpc) is 3.39. The Labute approximate surface area is 231 Å². The summed E-state index contributed by atoms with van der Waals surface area (Å²) in [4.78, 5) is 45.7. The molecule has 0 saturated carbocycles. The Morgan fingerprint density at radius 3 is 2.13 bits per heavy atom. The average molecular weight is 530 g/mol. The number of aryl methyl sites for hydroxylation is 1. The molecule has 190 valence electrons. The number of benzene rings is 4. The molecule has 1 saturated heterocycles. The molecule has 0 bridgehead atoms. The lowest BCUT2D eigenvalue weighted by atomic mass is 9.64. The number of hydrogen-bond acceptors (Lipinski definition) is 4. The van der Waals surface area contributed by atoms with Crippen molar-refractivity contribution in [1.82, 2.24) is 0 Å². The van der Waals surface area contributed by atoms with Crippen LogP contribution in [0.1, 0.15) is 53.7 Å². The third-order valence-corrected chi connectivity index (χ3v) is 8.76. The van der Waals surface area contributed by atoms with Crippen molar-refractivity contribution < 1.29 is 14.4 Å². The summed E-state index contributed by atoms with van der Waals surface area (Å²) in [6.07, 6.45) is 3.84. The number of carbonyl (C=O) groups excluding carboxylic acids is 3. The van der Waals surface area contributed by atoms with Crippen molar-refractivity contribution in [1.29, 1.82) is 0 Å². The van der Waals surface area contributed by atoms with E-state index in [0.717, 1.165) is 22.4 Å². The quantitative estimate of drug-likeness (QED) is 0.212. The molecule has 0 amide bonds. The molecule has 4 aromatic rings. The highest BCUT2D eigenvalue weighted by Gasteiger charge is 2.71. The van der Waals surface area contributed by atoms with E-state index in [2.05, 4.69) is 0 Å². The Morgan fingerprint density at radius 2 is 1.46 bits per heavy atom. The maximum Gasteiger partial charge on any atom is 0.185 e. The summed E-state index contributed by atoms with van der Waals surface area (Å²) in [6.45, 7) is 1.98. The van der Waals surface area contributed by atoms with Gasteiger partial charge in [-0.25, -0.2) is 0 Å². The fraction of sp³-hybridized carbons (Fsp3) is 0.147. The first-order valence-electron chi connectivity index (χ1n) is 13.0. The van der Waals surface area contributed by atoms with Gasteiger partial charge >= 0.3 is 0 Å². The van der Waals surface area contributed by atoms with E-state index in [0.29, 0.717) is 21.7 Å². The molecule has 3 aliphatic rings. The summed E-state index contributed by atoms with van der Waals surface area (Å²) in [7, 11) is 0. The van der Waals surface area contributed by atoms with Gasteiger partial charge in [-0.1, -0.05) is 108 Å². The van der Waals surface area contributed by atoms with Crippen LogP contribution in [0.3, 0.4) is 0 Å². The first kappa shape index (κ1) is 23.8. The number of Topliss-reactive ketones (excluding diaryl/α,β-unsaturated/α-hetero) is 3. The van der Waals surface area contributed by atoms with E-state index in [1.54, 1.807) is 30.3 Å². The van der Waals surface area contributed by atoms with E-state index >= 15 is 0 Å². The summed E-state index contributed by atoms with van der Waals surface area (Å²) in [5.41, 5.74) is 3.35. The van der Waals surface area contributed by atoms with Crippen LogP contribution in [0.25, 0.3) is 6.08 Å². The minimum Gasteiger partial charge on any atom is -0.352 e. The van der Waals surface area contributed by atoms with Crippen LogP contribution >= 0.6 is 11.6 Å². The number of carbonyl (C=O) groups is 3. The Hall–Kier alpha value is -4.28. The van der Waals surface area contributed by atoms with Crippen molar-refractivity contribution >= 4 is 40.7 Å². The smallest absolute Gasteiger partial charge is 0.185 e. The summed E-state index contributed by atoms with van der Waals surface area (Å²) < 4.78 is 0. The van der Waals surface area contributed by atoms with Gasteiger partial charge in [0.2, 0.25) is 0 Å². The van der Waals surface area contributed by atoms with Gasteiger partial charge in [0, 0.05) is 33.3 Å². The highest BCUT2D eigenvalue weighted by atomic mass is 35.5. The number of hydrogen-bond donors (Lipinski definition) is 0. The van der Waals surface area contributed by atoms with Crippen LogP contribution in [-0.4, -0.2) is 29.4 Å². The molecule has 4 aromatic carbocycles. The molecule has 0 radical (unpaired) electrons. The van der Waals surface area contributed by atoms with Gasteiger partial charge in [0.25, 0.3) is 0 Å². The molecule has 2 heterocycles. The molecule has 39 heavy (non-hydrogen) atoms. The van der Waals surface area contributed by atoms with Crippen LogP contribution in [-0.2, 0) is 0 Å². The van der Waals surface area contributed by atoms with Crippen molar-refractivity contribution in [3.8, 4) is 0 Å². The van der Waals surface area contributed by atoms with Crippen molar-refractivity contribution in [2.24, 2.45) is 5.41 Å². The zero-order valence-electron chi connectivity index (χ0n) is 21.2. The number of rotatable bonds is 3. The number of anilines is 1. The fourth-order valence-corrected chi connectivity index (χ4v) is 7.05. The first-order chi connectivity index (χ1) is 18.9. The number of fused-ring (bicyclic) bond motifs is 5. The molecule has 4 nitrogen and oxygen atoms in total. The second-order valence-corrected chi connectivity index (χ2v) is 11.0.